The number of amides is 1. The monoisotopic (exact) mass is 522 g/mol. The van der Waals surface area contributed by atoms with Crippen LogP contribution in [0.25, 0.3) is 10.8 Å². The number of carboxylic acids is 1. The number of pyridine rings is 1. The molecule has 2 saturated carbocycles. The lowest BCUT2D eigenvalue weighted by molar-refractivity contribution is -0.142. The zero-order chi connectivity index (χ0) is 27.6. The standard InChI is InChI=1S/C32H46N2O4/c1-19(2)22-12-11-20(3)28(17-22)38-24-14-13-23-16-27(30(35)34-29(31(36)37)32(4,5)6)33-26(25(23)18-24)15-21-9-7-8-10-21/h13-14,16,18-22,28-29H,7-12,15,17H2,1-6H3,(H,34,35)(H,36,37)/t20-,22+,28+,29-/m0/s1. The van der Waals surface area contributed by atoms with Gasteiger partial charge in [-0.15, -0.1) is 0 Å². The first kappa shape index (κ1) is 28.4. The number of nitrogens with zero attached hydrogens (tertiary/aromatic N) is 1. The van der Waals surface area contributed by atoms with Gasteiger partial charge in [-0.1, -0.05) is 73.3 Å². The van der Waals surface area contributed by atoms with E-state index >= 15 is 0 Å². The van der Waals surface area contributed by atoms with E-state index in [-0.39, 0.29) is 11.8 Å². The van der Waals surface area contributed by atoms with E-state index in [1.165, 1.54) is 38.5 Å². The molecule has 0 spiro atoms. The maximum absolute atomic E-state index is 13.2. The fraction of sp³-hybridized carbons (Fsp3) is 0.656. The molecule has 0 radical (unpaired) electrons. The molecule has 4 atom stereocenters. The van der Waals surface area contributed by atoms with Crippen LogP contribution >= 0.6 is 0 Å². The number of aromatic nitrogens is 1. The van der Waals surface area contributed by atoms with Gasteiger partial charge in [0.15, 0.2) is 0 Å². The van der Waals surface area contributed by atoms with Crippen LogP contribution in [-0.2, 0) is 11.2 Å². The molecule has 2 aromatic rings. The fourth-order valence-corrected chi connectivity index (χ4v) is 6.24. The molecule has 38 heavy (non-hydrogen) atoms. The Bertz CT molecular complexity index is 1150. The van der Waals surface area contributed by atoms with Gasteiger partial charge in [0.2, 0.25) is 0 Å². The summed E-state index contributed by atoms with van der Waals surface area (Å²) < 4.78 is 6.60. The number of ether oxygens (including phenoxy) is 1. The minimum atomic E-state index is -1.05. The highest BCUT2D eigenvalue weighted by Crippen LogP contribution is 2.37. The number of aliphatic carboxylic acids is 1. The Balaban J connectivity index is 1.65. The number of carbonyl (C=O) groups excluding carboxylic acids is 1. The number of nitrogens with one attached hydrogen (secondary N) is 1. The smallest absolute Gasteiger partial charge is 0.326 e. The molecule has 2 aliphatic rings. The fourth-order valence-electron chi connectivity index (χ4n) is 6.24. The Labute approximate surface area is 227 Å². The second-order valence-corrected chi connectivity index (χ2v) is 13.3. The van der Waals surface area contributed by atoms with Crippen molar-refractivity contribution in [2.24, 2.45) is 29.1 Å². The molecule has 0 saturated heterocycles. The summed E-state index contributed by atoms with van der Waals surface area (Å²) in [6.45, 7) is 12.3. The van der Waals surface area contributed by atoms with E-state index in [4.69, 9.17) is 9.72 Å². The van der Waals surface area contributed by atoms with Crippen molar-refractivity contribution in [2.75, 3.05) is 0 Å². The molecule has 208 valence electrons. The van der Waals surface area contributed by atoms with Crippen molar-refractivity contribution in [3.05, 3.63) is 35.7 Å². The first-order valence-electron chi connectivity index (χ1n) is 14.6. The summed E-state index contributed by atoms with van der Waals surface area (Å²) in [5.41, 5.74) is 0.557. The topological polar surface area (TPSA) is 88.5 Å². The SMILES string of the molecule is CC(C)[C@@H]1CC[C@H](C)[C@H](Oc2ccc3cc(C(=O)N[C@@H](C(=O)O)C(C)(C)C)nc(CC4CCCC4)c3c2)C1. The van der Waals surface area contributed by atoms with Gasteiger partial charge in [0.25, 0.3) is 5.91 Å². The number of fused-ring (bicyclic) bond motifs is 1. The van der Waals surface area contributed by atoms with Gasteiger partial charge >= 0.3 is 5.97 Å². The molecule has 0 aliphatic heterocycles. The Morgan fingerprint density at radius 1 is 1.11 bits per heavy atom. The van der Waals surface area contributed by atoms with Crippen LogP contribution in [0.5, 0.6) is 5.75 Å². The Morgan fingerprint density at radius 2 is 1.82 bits per heavy atom. The minimum absolute atomic E-state index is 0.204. The van der Waals surface area contributed by atoms with Gasteiger partial charge in [0.1, 0.15) is 23.6 Å². The highest BCUT2D eigenvalue weighted by atomic mass is 16.5. The van der Waals surface area contributed by atoms with Crippen LogP contribution in [0.15, 0.2) is 24.3 Å². The van der Waals surface area contributed by atoms with Crippen molar-refractivity contribution < 1.29 is 19.4 Å². The summed E-state index contributed by atoms with van der Waals surface area (Å²) in [5.74, 6) is 1.81. The third-order valence-corrected chi connectivity index (χ3v) is 8.85. The van der Waals surface area contributed by atoms with E-state index in [1.807, 2.05) is 32.9 Å². The molecule has 0 bridgehead atoms. The maximum Gasteiger partial charge on any atom is 0.326 e. The third-order valence-electron chi connectivity index (χ3n) is 8.85. The first-order valence-corrected chi connectivity index (χ1v) is 14.6. The summed E-state index contributed by atoms with van der Waals surface area (Å²) >= 11 is 0. The van der Waals surface area contributed by atoms with Crippen molar-refractivity contribution in [3.63, 3.8) is 0 Å². The van der Waals surface area contributed by atoms with E-state index in [0.717, 1.165) is 35.1 Å². The molecule has 2 fully saturated rings. The van der Waals surface area contributed by atoms with Crippen LogP contribution < -0.4 is 10.1 Å². The van der Waals surface area contributed by atoms with Gasteiger partial charge in [0.05, 0.1) is 0 Å². The highest BCUT2D eigenvalue weighted by molar-refractivity contribution is 5.99. The van der Waals surface area contributed by atoms with Gasteiger partial charge in [0, 0.05) is 11.1 Å². The number of carboxylic acid groups (broad SMARTS) is 1. The van der Waals surface area contributed by atoms with Crippen LogP contribution in [0.4, 0.5) is 0 Å². The van der Waals surface area contributed by atoms with Gasteiger partial charge in [-0.2, -0.15) is 0 Å². The predicted molar refractivity (Wildman–Crippen MR) is 152 cm³/mol. The summed E-state index contributed by atoms with van der Waals surface area (Å²) in [7, 11) is 0. The van der Waals surface area contributed by atoms with E-state index < -0.39 is 23.3 Å². The van der Waals surface area contributed by atoms with E-state index in [9.17, 15) is 14.7 Å². The molecule has 6 heteroatoms. The van der Waals surface area contributed by atoms with Crippen molar-refractivity contribution in [1.82, 2.24) is 10.3 Å². The van der Waals surface area contributed by atoms with Gasteiger partial charge in [-0.05, 0) is 78.4 Å². The molecule has 0 unspecified atom stereocenters. The van der Waals surface area contributed by atoms with E-state index in [0.29, 0.717) is 23.7 Å². The Kier molecular flexibility index (Phi) is 8.68. The summed E-state index contributed by atoms with van der Waals surface area (Å²) in [6, 6.07) is 6.91. The minimum Gasteiger partial charge on any atom is -0.490 e. The normalized spacial score (nSPS) is 23.5. The number of rotatable bonds is 8. The second-order valence-electron chi connectivity index (χ2n) is 13.3. The van der Waals surface area contributed by atoms with Crippen LogP contribution in [0, 0.1) is 29.1 Å². The third kappa shape index (κ3) is 6.68. The van der Waals surface area contributed by atoms with E-state index in [2.05, 4.69) is 32.2 Å². The average Bonchev–Trinajstić information content (AvgIpc) is 3.36. The molecule has 6 nitrogen and oxygen atoms in total. The van der Waals surface area contributed by atoms with Crippen LogP contribution in [-0.4, -0.2) is 34.1 Å². The van der Waals surface area contributed by atoms with Crippen LogP contribution in [0.2, 0.25) is 0 Å². The molecule has 1 heterocycles. The van der Waals surface area contributed by atoms with Crippen LogP contribution in [0.1, 0.15) is 103 Å². The number of benzene rings is 1. The van der Waals surface area contributed by atoms with Crippen molar-refractivity contribution >= 4 is 22.6 Å². The first-order chi connectivity index (χ1) is 17.9. The largest absolute Gasteiger partial charge is 0.490 e. The van der Waals surface area contributed by atoms with Crippen molar-refractivity contribution in [1.29, 1.82) is 0 Å². The lowest BCUT2D eigenvalue weighted by Crippen LogP contribution is -2.49. The molecular formula is C32H46N2O4. The Morgan fingerprint density at radius 3 is 2.45 bits per heavy atom. The molecule has 4 rings (SSSR count). The molecule has 1 aromatic carbocycles. The molecular weight excluding hydrogens is 476 g/mol. The summed E-state index contributed by atoms with van der Waals surface area (Å²) in [4.78, 5) is 29.9. The zero-order valence-corrected chi connectivity index (χ0v) is 24.0. The Hall–Kier alpha value is -2.63. The quantitative estimate of drug-likeness (QED) is 0.388. The summed E-state index contributed by atoms with van der Waals surface area (Å²) in [6.07, 6.45) is 9.40. The zero-order valence-electron chi connectivity index (χ0n) is 24.0. The average molecular weight is 523 g/mol. The van der Waals surface area contributed by atoms with Crippen molar-refractivity contribution in [3.8, 4) is 5.75 Å². The lowest BCUT2D eigenvalue weighted by Gasteiger charge is -2.36. The van der Waals surface area contributed by atoms with Gasteiger partial charge < -0.3 is 15.2 Å². The summed E-state index contributed by atoms with van der Waals surface area (Å²) in [5, 5.41) is 14.4. The molecule has 1 amide bonds. The lowest BCUT2D eigenvalue weighted by atomic mass is 9.76. The van der Waals surface area contributed by atoms with Gasteiger partial charge in [-0.25, -0.2) is 9.78 Å². The molecule has 1 aromatic heterocycles. The molecule has 2 aliphatic carbocycles. The van der Waals surface area contributed by atoms with Crippen LogP contribution in [0.3, 0.4) is 0 Å². The number of hydrogen-bond acceptors (Lipinski definition) is 4. The predicted octanol–water partition coefficient (Wildman–Crippen LogP) is 7.04. The second kappa shape index (κ2) is 11.6. The number of carbonyl (C=O) groups is 2. The molecule has 2 N–H and O–H groups in total. The van der Waals surface area contributed by atoms with Crippen molar-refractivity contribution in [2.45, 2.75) is 105 Å². The number of hydrogen-bond donors (Lipinski definition) is 2. The highest BCUT2D eigenvalue weighted by Gasteiger charge is 2.34. The van der Waals surface area contributed by atoms with E-state index in [1.54, 1.807) is 6.07 Å². The maximum atomic E-state index is 13.2. The van der Waals surface area contributed by atoms with Gasteiger partial charge in [-0.3, -0.25) is 4.79 Å².